The molecule has 2 heterocycles. The molecule has 4 nitrogen and oxygen atoms in total. The van der Waals surface area contributed by atoms with E-state index in [1.54, 1.807) is 0 Å². The largest absolute Gasteiger partial charge is 0.314 e. The van der Waals surface area contributed by atoms with Gasteiger partial charge in [-0.1, -0.05) is 6.92 Å². The molecule has 1 unspecified atom stereocenters. The van der Waals surface area contributed by atoms with Crippen LogP contribution in [0.25, 0.3) is 0 Å². The molecule has 1 atom stereocenters. The summed E-state index contributed by atoms with van der Waals surface area (Å²) >= 11 is 0. The Morgan fingerprint density at radius 1 is 1.54 bits per heavy atom. The predicted octanol–water partition coefficient (Wildman–Crippen LogP) is 0.895. The molecule has 0 spiro atoms. The Morgan fingerprint density at radius 3 is 3.15 bits per heavy atom. The van der Waals surface area contributed by atoms with E-state index in [1.807, 2.05) is 7.05 Å². The van der Waals surface area contributed by atoms with Crippen LogP contribution in [0.2, 0.25) is 0 Å². The Balaban J connectivity index is 2.30. The summed E-state index contributed by atoms with van der Waals surface area (Å²) in [6, 6.07) is 0. The summed E-state index contributed by atoms with van der Waals surface area (Å²) < 4.78 is 2.25. The van der Waals surface area contributed by atoms with Gasteiger partial charge in [0.1, 0.15) is 11.6 Å². The fraction of sp³-hybridized carbons (Fsp3) is 0.778. The van der Waals surface area contributed by atoms with Crippen LogP contribution in [-0.4, -0.2) is 21.8 Å². The van der Waals surface area contributed by atoms with E-state index in [1.165, 1.54) is 12.8 Å². The second-order valence-corrected chi connectivity index (χ2v) is 3.70. The second-order valence-electron chi connectivity index (χ2n) is 3.70. The molecule has 4 heteroatoms. The Kier molecular flexibility index (Phi) is 2.31. The molecule has 13 heavy (non-hydrogen) atoms. The molecular formula is C9H16N4. The highest BCUT2D eigenvalue weighted by molar-refractivity contribution is 5.03. The van der Waals surface area contributed by atoms with Gasteiger partial charge in [-0.05, 0) is 19.9 Å². The van der Waals surface area contributed by atoms with Crippen molar-refractivity contribution in [2.24, 2.45) is 0 Å². The van der Waals surface area contributed by atoms with Gasteiger partial charge in [0.15, 0.2) is 0 Å². The molecule has 72 valence electrons. The van der Waals surface area contributed by atoms with Crippen molar-refractivity contribution in [1.82, 2.24) is 20.1 Å². The minimum Gasteiger partial charge on any atom is -0.314 e. The lowest BCUT2D eigenvalue weighted by atomic mass is 10.0. The molecule has 0 saturated heterocycles. The maximum absolute atomic E-state index is 4.23. The molecule has 0 bridgehead atoms. The van der Waals surface area contributed by atoms with Gasteiger partial charge in [-0.15, -0.1) is 10.2 Å². The van der Waals surface area contributed by atoms with Crippen molar-refractivity contribution in [1.29, 1.82) is 0 Å². The summed E-state index contributed by atoms with van der Waals surface area (Å²) in [6.07, 6.45) is 2.50. The van der Waals surface area contributed by atoms with Crippen LogP contribution < -0.4 is 5.32 Å². The summed E-state index contributed by atoms with van der Waals surface area (Å²) in [4.78, 5) is 0. The van der Waals surface area contributed by atoms with E-state index in [-0.39, 0.29) is 0 Å². The van der Waals surface area contributed by atoms with Crippen LogP contribution in [0, 0.1) is 0 Å². The van der Waals surface area contributed by atoms with Crippen LogP contribution in [0.1, 0.15) is 37.3 Å². The highest BCUT2D eigenvalue weighted by Gasteiger charge is 2.20. The average molecular weight is 180 g/mol. The molecule has 0 aromatic carbocycles. The molecule has 0 amide bonds. The van der Waals surface area contributed by atoms with E-state index >= 15 is 0 Å². The van der Waals surface area contributed by atoms with Gasteiger partial charge in [0.2, 0.25) is 0 Å². The van der Waals surface area contributed by atoms with E-state index in [9.17, 15) is 0 Å². The first-order valence-corrected chi connectivity index (χ1v) is 4.89. The van der Waals surface area contributed by atoms with Gasteiger partial charge in [-0.3, -0.25) is 0 Å². The van der Waals surface area contributed by atoms with Crippen LogP contribution in [0.5, 0.6) is 0 Å². The zero-order valence-electron chi connectivity index (χ0n) is 8.25. The molecule has 0 fully saturated rings. The standard InChI is InChI=1S/C9H16N4/c1-7-4-3-5-13-8(6-10-2)11-12-9(7)13/h7,10H,3-6H2,1-2H3. The molecule has 1 N–H and O–H groups in total. The van der Waals surface area contributed by atoms with Crippen molar-refractivity contribution in [3.8, 4) is 0 Å². The summed E-state index contributed by atoms with van der Waals surface area (Å²) in [5, 5.41) is 11.5. The van der Waals surface area contributed by atoms with Crippen molar-refractivity contribution >= 4 is 0 Å². The quantitative estimate of drug-likeness (QED) is 0.735. The predicted molar refractivity (Wildman–Crippen MR) is 50.4 cm³/mol. The fourth-order valence-corrected chi connectivity index (χ4v) is 1.93. The van der Waals surface area contributed by atoms with Crippen molar-refractivity contribution in [2.75, 3.05) is 7.05 Å². The second kappa shape index (κ2) is 3.46. The van der Waals surface area contributed by atoms with Gasteiger partial charge < -0.3 is 9.88 Å². The molecular weight excluding hydrogens is 164 g/mol. The Labute approximate surface area is 78.4 Å². The van der Waals surface area contributed by atoms with Gasteiger partial charge >= 0.3 is 0 Å². The van der Waals surface area contributed by atoms with Crippen LogP contribution in [0.15, 0.2) is 0 Å². The summed E-state index contributed by atoms with van der Waals surface area (Å²) in [5.74, 6) is 2.81. The van der Waals surface area contributed by atoms with Gasteiger partial charge in [-0.25, -0.2) is 0 Å². The SMILES string of the molecule is CNCc1nnc2n1CCCC2C. The van der Waals surface area contributed by atoms with Crippen molar-refractivity contribution in [3.63, 3.8) is 0 Å². The van der Waals surface area contributed by atoms with Gasteiger partial charge in [0.25, 0.3) is 0 Å². The number of fused-ring (bicyclic) bond motifs is 1. The third kappa shape index (κ3) is 1.46. The fourth-order valence-electron chi connectivity index (χ4n) is 1.93. The van der Waals surface area contributed by atoms with Gasteiger partial charge in [-0.2, -0.15) is 0 Å². The Morgan fingerprint density at radius 2 is 2.38 bits per heavy atom. The summed E-state index contributed by atoms with van der Waals surface area (Å²) in [6.45, 7) is 4.13. The van der Waals surface area contributed by atoms with Crippen LogP contribution >= 0.6 is 0 Å². The van der Waals surface area contributed by atoms with Crippen molar-refractivity contribution < 1.29 is 0 Å². The zero-order valence-corrected chi connectivity index (χ0v) is 8.25. The van der Waals surface area contributed by atoms with E-state index in [4.69, 9.17) is 0 Å². The third-order valence-corrected chi connectivity index (χ3v) is 2.65. The van der Waals surface area contributed by atoms with Gasteiger partial charge in [0.05, 0.1) is 6.54 Å². The van der Waals surface area contributed by atoms with Crippen LogP contribution in [0.3, 0.4) is 0 Å². The normalized spacial score (nSPS) is 21.5. The third-order valence-electron chi connectivity index (χ3n) is 2.65. The van der Waals surface area contributed by atoms with Gasteiger partial charge in [0, 0.05) is 12.5 Å². The Bertz CT molecular complexity index is 292. The van der Waals surface area contributed by atoms with E-state index < -0.39 is 0 Å². The monoisotopic (exact) mass is 180 g/mol. The first-order valence-electron chi connectivity index (χ1n) is 4.89. The summed E-state index contributed by atoms with van der Waals surface area (Å²) in [5.41, 5.74) is 0. The van der Waals surface area contributed by atoms with E-state index in [0.717, 1.165) is 24.7 Å². The molecule has 1 aliphatic heterocycles. The smallest absolute Gasteiger partial charge is 0.147 e. The average Bonchev–Trinajstić information content (AvgIpc) is 2.51. The first kappa shape index (κ1) is 8.69. The number of rotatable bonds is 2. The lowest BCUT2D eigenvalue weighted by molar-refractivity contribution is 0.451. The van der Waals surface area contributed by atoms with Crippen LogP contribution in [-0.2, 0) is 13.1 Å². The minimum atomic E-state index is 0.576. The molecule has 1 aliphatic rings. The molecule has 1 aromatic heterocycles. The highest BCUT2D eigenvalue weighted by Crippen LogP contribution is 2.25. The summed E-state index contributed by atoms with van der Waals surface area (Å²) in [7, 11) is 1.94. The number of nitrogens with zero attached hydrogens (tertiary/aromatic N) is 3. The number of aromatic nitrogens is 3. The lowest BCUT2D eigenvalue weighted by Gasteiger charge is -2.20. The van der Waals surface area contributed by atoms with Crippen molar-refractivity contribution in [2.45, 2.75) is 38.8 Å². The zero-order chi connectivity index (χ0) is 9.26. The molecule has 0 saturated carbocycles. The molecule has 1 aromatic rings. The number of hydrogen-bond donors (Lipinski definition) is 1. The minimum absolute atomic E-state index is 0.576. The van der Waals surface area contributed by atoms with Crippen LogP contribution in [0.4, 0.5) is 0 Å². The topological polar surface area (TPSA) is 42.7 Å². The maximum atomic E-state index is 4.23. The molecule has 2 rings (SSSR count). The molecule has 0 radical (unpaired) electrons. The highest BCUT2D eigenvalue weighted by atomic mass is 15.3. The molecule has 0 aliphatic carbocycles. The van der Waals surface area contributed by atoms with Crippen molar-refractivity contribution in [3.05, 3.63) is 11.6 Å². The maximum Gasteiger partial charge on any atom is 0.147 e. The lowest BCUT2D eigenvalue weighted by Crippen LogP contribution is -2.18. The van der Waals surface area contributed by atoms with E-state index in [0.29, 0.717) is 5.92 Å². The number of hydrogen-bond acceptors (Lipinski definition) is 3. The number of nitrogens with one attached hydrogen (secondary N) is 1. The first-order chi connectivity index (χ1) is 6.33. The Hall–Kier alpha value is -0.900. The van der Waals surface area contributed by atoms with E-state index in [2.05, 4.69) is 27.0 Å².